The average molecular weight is 329 g/mol. The second kappa shape index (κ2) is 6.07. The number of carboxylic acid groups (broad SMARTS) is 1. The zero-order chi connectivity index (χ0) is 17.3. The average Bonchev–Trinajstić information content (AvgIpc) is 2.79. The van der Waals surface area contributed by atoms with Gasteiger partial charge in [0.2, 0.25) is 0 Å². The topological polar surface area (TPSA) is 99.1 Å². The number of nitrogens with zero attached hydrogens (tertiary/aromatic N) is 2. The van der Waals surface area contributed by atoms with Crippen LogP contribution in [0.15, 0.2) is 29.4 Å². The van der Waals surface area contributed by atoms with Gasteiger partial charge in [-0.25, -0.2) is 9.59 Å². The zero-order valence-corrected chi connectivity index (χ0v) is 13.4. The molecule has 1 heterocycles. The van der Waals surface area contributed by atoms with E-state index in [4.69, 9.17) is 5.11 Å². The van der Waals surface area contributed by atoms with Crippen molar-refractivity contribution in [2.75, 3.05) is 0 Å². The molecule has 0 bridgehead atoms. The Bertz CT molecular complexity index is 703. The van der Waals surface area contributed by atoms with Crippen molar-refractivity contribution < 1.29 is 19.5 Å². The third-order valence-corrected chi connectivity index (χ3v) is 4.75. The number of carbonyl (C=O) groups is 3. The molecule has 3 amide bonds. The van der Waals surface area contributed by atoms with Gasteiger partial charge in [0.1, 0.15) is 5.54 Å². The first-order valence-corrected chi connectivity index (χ1v) is 7.95. The van der Waals surface area contributed by atoms with E-state index >= 15 is 0 Å². The van der Waals surface area contributed by atoms with Crippen LogP contribution < -0.4 is 5.32 Å². The molecule has 1 aromatic rings. The molecular weight excluding hydrogens is 310 g/mol. The molecule has 3 rings (SSSR count). The highest BCUT2D eigenvalue weighted by Crippen LogP contribution is 2.36. The van der Waals surface area contributed by atoms with E-state index in [1.165, 1.54) is 18.3 Å². The Morgan fingerprint density at radius 2 is 1.92 bits per heavy atom. The number of imide groups is 1. The number of benzene rings is 1. The predicted octanol–water partition coefficient (Wildman–Crippen LogP) is 2.22. The fourth-order valence-electron chi connectivity index (χ4n) is 3.14. The summed E-state index contributed by atoms with van der Waals surface area (Å²) in [4.78, 5) is 35.5. The second-order valence-corrected chi connectivity index (χ2v) is 6.48. The smallest absolute Gasteiger partial charge is 0.346 e. The molecule has 7 heteroatoms. The van der Waals surface area contributed by atoms with Crippen LogP contribution in [-0.4, -0.2) is 39.8 Å². The normalized spacial score (nSPS) is 27.0. The van der Waals surface area contributed by atoms with Crippen molar-refractivity contribution >= 4 is 24.1 Å². The number of amides is 3. The number of urea groups is 1. The van der Waals surface area contributed by atoms with Gasteiger partial charge in [-0.05, 0) is 49.3 Å². The maximum absolute atomic E-state index is 12.6. The Labute approximate surface area is 139 Å². The molecule has 2 N–H and O–H groups in total. The Kier molecular flexibility index (Phi) is 4.09. The predicted molar refractivity (Wildman–Crippen MR) is 86.7 cm³/mol. The van der Waals surface area contributed by atoms with Gasteiger partial charge in [-0.2, -0.15) is 5.10 Å². The summed E-state index contributed by atoms with van der Waals surface area (Å²) in [7, 11) is 0. The minimum absolute atomic E-state index is 0.164. The Morgan fingerprint density at radius 3 is 2.50 bits per heavy atom. The molecular formula is C17H19N3O4. The molecule has 1 saturated carbocycles. The molecule has 24 heavy (non-hydrogen) atoms. The van der Waals surface area contributed by atoms with Crippen molar-refractivity contribution in [2.24, 2.45) is 11.0 Å². The van der Waals surface area contributed by atoms with Gasteiger partial charge < -0.3 is 10.4 Å². The standard InChI is InChI=1S/C17H19N3O4/c1-11-6-8-17(9-7-11)15(23)20(16(24)19-17)18-10-12-2-4-13(5-3-12)14(21)22/h2-5,10-11H,6-9H2,1H3,(H,19,24)(H,21,22). The van der Waals surface area contributed by atoms with Gasteiger partial charge in [-0.3, -0.25) is 4.79 Å². The van der Waals surface area contributed by atoms with Crippen molar-refractivity contribution in [3.63, 3.8) is 0 Å². The van der Waals surface area contributed by atoms with E-state index in [0.29, 0.717) is 24.3 Å². The van der Waals surface area contributed by atoms with E-state index in [1.54, 1.807) is 12.1 Å². The van der Waals surface area contributed by atoms with Gasteiger partial charge in [0.05, 0.1) is 11.8 Å². The van der Waals surface area contributed by atoms with Crippen LogP contribution in [0.25, 0.3) is 0 Å². The summed E-state index contributed by atoms with van der Waals surface area (Å²) in [5.74, 6) is -0.760. The van der Waals surface area contributed by atoms with E-state index in [9.17, 15) is 14.4 Å². The van der Waals surface area contributed by atoms with Gasteiger partial charge in [0.15, 0.2) is 0 Å². The number of carbonyl (C=O) groups excluding carboxylic acids is 2. The third-order valence-electron chi connectivity index (χ3n) is 4.75. The summed E-state index contributed by atoms with van der Waals surface area (Å²) in [6.45, 7) is 2.14. The highest BCUT2D eigenvalue weighted by Gasteiger charge is 2.52. The van der Waals surface area contributed by atoms with Crippen molar-refractivity contribution in [2.45, 2.75) is 38.1 Å². The molecule has 1 aromatic carbocycles. The van der Waals surface area contributed by atoms with E-state index in [2.05, 4.69) is 17.3 Å². The van der Waals surface area contributed by atoms with Gasteiger partial charge in [0.25, 0.3) is 5.91 Å². The lowest BCUT2D eigenvalue weighted by molar-refractivity contribution is -0.132. The summed E-state index contributed by atoms with van der Waals surface area (Å²) in [6.07, 6.45) is 4.46. The van der Waals surface area contributed by atoms with Gasteiger partial charge in [-0.15, -0.1) is 5.01 Å². The van der Waals surface area contributed by atoms with Crippen LogP contribution >= 0.6 is 0 Å². The second-order valence-electron chi connectivity index (χ2n) is 6.48. The first kappa shape index (κ1) is 16.2. The largest absolute Gasteiger partial charge is 0.478 e. The van der Waals surface area contributed by atoms with Crippen molar-refractivity contribution in [1.29, 1.82) is 0 Å². The highest BCUT2D eigenvalue weighted by atomic mass is 16.4. The van der Waals surface area contributed by atoms with Crippen LogP contribution in [0.2, 0.25) is 0 Å². The molecule has 0 radical (unpaired) electrons. The molecule has 2 aliphatic rings. The minimum atomic E-state index is -1.01. The van der Waals surface area contributed by atoms with Crippen molar-refractivity contribution in [3.05, 3.63) is 35.4 Å². The van der Waals surface area contributed by atoms with Crippen molar-refractivity contribution in [1.82, 2.24) is 10.3 Å². The number of rotatable bonds is 3. The number of carboxylic acids is 1. The lowest BCUT2D eigenvalue weighted by Crippen LogP contribution is -2.49. The Balaban J connectivity index is 1.74. The molecule has 1 aliphatic carbocycles. The van der Waals surface area contributed by atoms with Crippen LogP contribution in [0.1, 0.15) is 48.5 Å². The van der Waals surface area contributed by atoms with Crippen LogP contribution in [0.3, 0.4) is 0 Å². The van der Waals surface area contributed by atoms with E-state index < -0.39 is 17.5 Å². The summed E-state index contributed by atoms with van der Waals surface area (Å²) in [6, 6.07) is 5.53. The van der Waals surface area contributed by atoms with E-state index in [-0.39, 0.29) is 11.5 Å². The minimum Gasteiger partial charge on any atom is -0.478 e. The summed E-state index contributed by atoms with van der Waals surface area (Å²) >= 11 is 0. The quantitative estimate of drug-likeness (QED) is 0.656. The molecule has 1 spiro atoms. The molecule has 7 nitrogen and oxygen atoms in total. The van der Waals surface area contributed by atoms with Gasteiger partial charge >= 0.3 is 12.0 Å². The van der Waals surface area contributed by atoms with E-state index in [1.807, 2.05) is 0 Å². The van der Waals surface area contributed by atoms with Crippen molar-refractivity contribution in [3.8, 4) is 0 Å². The van der Waals surface area contributed by atoms with Crippen LogP contribution in [0.4, 0.5) is 4.79 Å². The highest BCUT2D eigenvalue weighted by molar-refractivity contribution is 6.07. The molecule has 2 fully saturated rings. The van der Waals surface area contributed by atoms with Crippen LogP contribution in [0, 0.1) is 5.92 Å². The SMILES string of the molecule is CC1CCC2(CC1)NC(=O)N(N=Cc1ccc(C(=O)O)cc1)C2=O. The molecule has 0 unspecified atom stereocenters. The molecule has 0 aromatic heterocycles. The maximum atomic E-state index is 12.6. The Hall–Kier alpha value is -2.70. The summed E-state index contributed by atoms with van der Waals surface area (Å²) in [5.41, 5.74) is -0.0371. The summed E-state index contributed by atoms with van der Waals surface area (Å²) < 4.78 is 0. The zero-order valence-electron chi connectivity index (χ0n) is 13.4. The van der Waals surface area contributed by atoms with E-state index in [0.717, 1.165) is 17.9 Å². The Morgan fingerprint density at radius 1 is 1.29 bits per heavy atom. The fourth-order valence-corrected chi connectivity index (χ4v) is 3.14. The van der Waals surface area contributed by atoms with Gasteiger partial charge in [-0.1, -0.05) is 19.1 Å². The first-order chi connectivity index (χ1) is 11.4. The van der Waals surface area contributed by atoms with Crippen LogP contribution in [0.5, 0.6) is 0 Å². The summed E-state index contributed by atoms with van der Waals surface area (Å²) in [5, 5.41) is 16.5. The number of hydrazone groups is 1. The molecule has 0 atom stereocenters. The monoisotopic (exact) mass is 329 g/mol. The number of hydrogen-bond donors (Lipinski definition) is 2. The molecule has 126 valence electrons. The number of nitrogens with one attached hydrogen (secondary N) is 1. The number of aromatic carboxylic acids is 1. The maximum Gasteiger partial charge on any atom is 0.346 e. The third kappa shape index (κ3) is 2.89. The van der Waals surface area contributed by atoms with Gasteiger partial charge in [0, 0.05) is 0 Å². The first-order valence-electron chi connectivity index (χ1n) is 7.95. The molecule has 1 saturated heterocycles. The van der Waals surface area contributed by atoms with Crippen LogP contribution in [-0.2, 0) is 4.79 Å². The number of hydrogen-bond acceptors (Lipinski definition) is 4. The lowest BCUT2D eigenvalue weighted by Gasteiger charge is -2.33. The molecule has 1 aliphatic heterocycles. The lowest BCUT2D eigenvalue weighted by atomic mass is 9.77. The fraction of sp³-hybridized carbons (Fsp3) is 0.412.